The molecule has 1 aliphatic rings. The molecule has 0 N–H and O–H groups in total. The highest BCUT2D eigenvalue weighted by Gasteiger charge is 2.38. The van der Waals surface area contributed by atoms with E-state index in [0.29, 0.717) is 31.5 Å². The summed E-state index contributed by atoms with van der Waals surface area (Å²) >= 11 is 0. The van der Waals surface area contributed by atoms with Crippen molar-refractivity contribution in [2.75, 3.05) is 13.1 Å². The molecule has 0 spiro atoms. The molecule has 1 aliphatic heterocycles. The van der Waals surface area contributed by atoms with Crippen molar-refractivity contribution in [1.29, 1.82) is 0 Å². The molecule has 1 amide bonds. The third-order valence-corrected chi connectivity index (χ3v) is 3.49. The van der Waals surface area contributed by atoms with Gasteiger partial charge in [-0.15, -0.1) is 0 Å². The van der Waals surface area contributed by atoms with Crippen LogP contribution in [0.3, 0.4) is 0 Å². The molecule has 0 aromatic carbocycles. The zero-order valence-electron chi connectivity index (χ0n) is 11.8. The number of halogens is 3. The summed E-state index contributed by atoms with van der Waals surface area (Å²) in [5, 5.41) is 0. The Labute approximate surface area is 117 Å². The van der Waals surface area contributed by atoms with Crippen LogP contribution in [-0.2, 0) is 4.79 Å². The second-order valence-corrected chi connectivity index (χ2v) is 4.76. The van der Waals surface area contributed by atoms with E-state index in [2.05, 4.69) is 0 Å². The minimum absolute atomic E-state index is 0.157. The quantitative estimate of drug-likeness (QED) is 0.568. The van der Waals surface area contributed by atoms with Crippen LogP contribution >= 0.6 is 0 Å². The first-order valence-electron chi connectivity index (χ1n) is 6.70. The lowest BCUT2D eigenvalue weighted by Crippen LogP contribution is -2.34. The molecule has 0 bridgehead atoms. The Balaban J connectivity index is 3.00. The van der Waals surface area contributed by atoms with E-state index in [1.807, 2.05) is 0 Å². The summed E-state index contributed by atoms with van der Waals surface area (Å²) in [5.74, 6) is -0.157. The van der Waals surface area contributed by atoms with Crippen molar-refractivity contribution in [3.63, 3.8) is 0 Å². The van der Waals surface area contributed by atoms with Gasteiger partial charge in [-0.25, -0.2) is 0 Å². The van der Waals surface area contributed by atoms with Crippen LogP contribution in [0, 0.1) is 5.92 Å². The van der Waals surface area contributed by atoms with E-state index in [1.54, 1.807) is 30.1 Å². The molecule has 1 rings (SSSR count). The number of allylic oxidation sites excluding steroid dienone is 6. The summed E-state index contributed by atoms with van der Waals surface area (Å²) in [7, 11) is 0. The first kappa shape index (κ1) is 16.5. The van der Waals surface area contributed by atoms with Crippen LogP contribution < -0.4 is 0 Å². The molecule has 1 saturated heterocycles. The number of nitrogens with zero attached hydrogens (tertiary/aromatic N) is 1. The fourth-order valence-electron chi connectivity index (χ4n) is 2.46. The zero-order valence-corrected chi connectivity index (χ0v) is 11.8. The highest BCUT2D eigenvalue weighted by Crippen LogP contribution is 2.38. The van der Waals surface area contributed by atoms with Gasteiger partial charge in [-0.1, -0.05) is 24.3 Å². The Bertz CT molecular complexity index is 413. The Morgan fingerprint density at radius 1 is 1.20 bits per heavy atom. The van der Waals surface area contributed by atoms with Crippen molar-refractivity contribution in [3.8, 4) is 0 Å². The molecular formula is C15H20F3NO. The van der Waals surface area contributed by atoms with E-state index in [4.69, 9.17) is 0 Å². The van der Waals surface area contributed by atoms with Crippen molar-refractivity contribution in [3.05, 3.63) is 35.5 Å². The molecule has 1 fully saturated rings. The van der Waals surface area contributed by atoms with Crippen molar-refractivity contribution in [1.82, 2.24) is 4.90 Å². The third-order valence-electron chi connectivity index (χ3n) is 3.49. The van der Waals surface area contributed by atoms with Crippen LogP contribution in [0.1, 0.15) is 26.7 Å². The molecular weight excluding hydrogens is 267 g/mol. The van der Waals surface area contributed by atoms with E-state index in [-0.39, 0.29) is 5.92 Å². The number of hydrogen-bond donors (Lipinski definition) is 0. The average molecular weight is 287 g/mol. The van der Waals surface area contributed by atoms with Crippen molar-refractivity contribution >= 4 is 6.41 Å². The molecule has 0 aromatic heterocycles. The number of alkyl halides is 3. The Morgan fingerprint density at radius 3 is 2.20 bits per heavy atom. The second-order valence-electron chi connectivity index (χ2n) is 4.76. The zero-order chi connectivity index (χ0) is 15.2. The standard InChI is InChI=1S/C15H20F3NO/c1-3-5-6-13(14(4-2)15(16,17)18)12-7-9-19(11-20)10-8-12/h3-6,11-12H,7-10H2,1-2H3/b5-3-,13-6-,14-4+. The normalized spacial score (nSPS) is 19.8. The van der Waals surface area contributed by atoms with Gasteiger partial charge in [0.05, 0.1) is 5.57 Å². The summed E-state index contributed by atoms with van der Waals surface area (Å²) in [6, 6.07) is 0. The summed E-state index contributed by atoms with van der Waals surface area (Å²) in [5.41, 5.74) is -0.246. The molecule has 1 heterocycles. The molecule has 20 heavy (non-hydrogen) atoms. The predicted octanol–water partition coefficient (Wildman–Crippen LogP) is 3.87. The molecule has 0 aliphatic carbocycles. The fourth-order valence-corrected chi connectivity index (χ4v) is 2.46. The number of amides is 1. The van der Waals surface area contributed by atoms with Crippen LogP contribution in [0.15, 0.2) is 35.5 Å². The van der Waals surface area contributed by atoms with Gasteiger partial charge in [0.25, 0.3) is 0 Å². The van der Waals surface area contributed by atoms with Crippen molar-refractivity contribution in [2.24, 2.45) is 5.92 Å². The summed E-state index contributed by atoms with van der Waals surface area (Å²) in [6.07, 6.45) is 3.56. The van der Waals surface area contributed by atoms with E-state index in [0.717, 1.165) is 12.5 Å². The minimum Gasteiger partial charge on any atom is -0.345 e. The smallest absolute Gasteiger partial charge is 0.345 e. The van der Waals surface area contributed by atoms with Gasteiger partial charge in [0.15, 0.2) is 0 Å². The van der Waals surface area contributed by atoms with Gasteiger partial charge in [-0.3, -0.25) is 4.79 Å². The lowest BCUT2D eigenvalue weighted by Gasteiger charge is -2.32. The molecule has 112 valence electrons. The largest absolute Gasteiger partial charge is 0.416 e. The maximum atomic E-state index is 13.1. The van der Waals surface area contributed by atoms with Crippen molar-refractivity contribution in [2.45, 2.75) is 32.9 Å². The second kappa shape index (κ2) is 7.31. The van der Waals surface area contributed by atoms with Gasteiger partial charge in [-0.2, -0.15) is 13.2 Å². The Hall–Kier alpha value is -1.52. The van der Waals surface area contributed by atoms with E-state index in [1.165, 1.54) is 6.92 Å². The van der Waals surface area contributed by atoms with Crippen LogP contribution in [0.25, 0.3) is 0 Å². The van der Waals surface area contributed by atoms with Crippen LogP contribution in [0.5, 0.6) is 0 Å². The Kier molecular flexibility index (Phi) is 6.05. The average Bonchev–Trinajstić information content (AvgIpc) is 2.42. The number of carbonyl (C=O) groups excluding carboxylic acids is 1. The molecule has 0 saturated carbocycles. The highest BCUT2D eigenvalue weighted by molar-refractivity contribution is 5.47. The number of likely N-dealkylation sites (tertiary alicyclic amines) is 1. The van der Waals surface area contributed by atoms with Crippen LogP contribution in [-0.4, -0.2) is 30.6 Å². The first-order valence-corrected chi connectivity index (χ1v) is 6.70. The maximum Gasteiger partial charge on any atom is 0.416 e. The molecule has 0 atom stereocenters. The van der Waals surface area contributed by atoms with Gasteiger partial charge in [0.1, 0.15) is 0 Å². The van der Waals surface area contributed by atoms with Gasteiger partial charge in [0, 0.05) is 13.1 Å². The van der Waals surface area contributed by atoms with E-state index < -0.39 is 11.7 Å². The van der Waals surface area contributed by atoms with Gasteiger partial charge < -0.3 is 4.90 Å². The summed E-state index contributed by atoms with van der Waals surface area (Å²) < 4.78 is 39.3. The first-order chi connectivity index (χ1) is 9.43. The SMILES string of the molecule is C\C=C/C=C(\C(=C/C)C(F)(F)F)C1CCN(C=O)CC1. The lowest BCUT2D eigenvalue weighted by molar-refractivity contribution is -0.119. The van der Waals surface area contributed by atoms with Gasteiger partial charge in [-0.05, 0) is 38.2 Å². The van der Waals surface area contributed by atoms with Gasteiger partial charge in [0.2, 0.25) is 6.41 Å². The molecule has 2 nitrogen and oxygen atoms in total. The Morgan fingerprint density at radius 2 is 1.80 bits per heavy atom. The van der Waals surface area contributed by atoms with Crippen LogP contribution in [0.2, 0.25) is 0 Å². The molecule has 0 aromatic rings. The summed E-state index contributed by atoms with van der Waals surface area (Å²) in [6.45, 7) is 4.20. The topological polar surface area (TPSA) is 20.3 Å². The van der Waals surface area contributed by atoms with Gasteiger partial charge >= 0.3 is 6.18 Å². The van der Waals surface area contributed by atoms with Crippen LogP contribution in [0.4, 0.5) is 13.2 Å². The molecule has 0 radical (unpaired) electrons. The van der Waals surface area contributed by atoms with E-state index in [9.17, 15) is 18.0 Å². The monoisotopic (exact) mass is 287 g/mol. The highest BCUT2D eigenvalue weighted by atomic mass is 19.4. The van der Waals surface area contributed by atoms with E-state index >= 15 is 0 Å². The molecule has 5 heteroatoms. The number of carbonyl (C=O) groups is 1. The maximum absolute atomic E-state index is 13.1. The number of hydrogen-bond acceptors (Lipinski definition) is 1. The number of rotatable bonds is 4. The third kappa shape index (κ3) is 4.25. The fraction of sp³-hybridized carbons (Fsp3) is 0.533. The lowest BCUT2D eigenvalue weighted by atomic mass is 9.84. The molecule has 0 unspecified atom stereocenters. The van der Waals surface area contributed by atoms with Crippen molar-refractivity contribution < 1.29 is 18.0 Å². The predicted molar refractivity (Wildman–Crippen MR) is 73.1 cm³/mol. The number of piperidine rings is 1. The minimum atomic E-state index is -4.34. The summed E-state index contributed by atoms with van der Waals surface area (Å²) in [4.78, 5) is 12.3.